The van der Waals surface area contributed by atoms with E-state index in [0.717, 1.165) is 78.2 Å². The number of carbonyl (C=O) groups excluding carboxylic acids is 1. The maximum Gasteiger partial charge on any atom is 0.264 e. The average molecular weight is 696 g/mol. The molecule has 51 heavy (non-hydrogen) atoms. The third kappa shape index (κ3) is 8.57. The predicted molar refractivity (Wildman–Crippen MR) is 205 cm³/mol. The first kappa shape index (κ1) is 39.4. The Hall–Kier alpha value is -4.39. The zero-order valence-electron chi connectivity index (χ0n) is 31.3. The van der Waals surface area contributed by atoms with Gasteiger partial charge in [0, 0.05) is 62.2 Å². The molecule has 2 aliphatic heterocycles. The van der Waals surface area contributed by atoms with Gasteiger partial charge in [0.05, 0.1) is 20.3 Å². The number of nitrogens with zero attached hydrogens (tertiary/aromatic N) is 4. The third-order valence-corrected chi connectivity index (χ3v) is 10.3. The van der Waals surface area contributed by atoms with Crippen molar-refractivity contribution in [3.05, 3.63) is 91.9 Å². The maximum absolute atomic E-state index is 13.4. The minimum atomic E-state index is -0.251. The molecule has 0 spiro atoms. The van der Waals surface area contributed by atoms with Crippen molar-refractivity contribution in [1.82, 2.24) is 19.7 Å². The van der Waals surface area contributed by atoms with Crippen LogP contribution in [0.15, 0.2) is 53.0 Å². The fraction of sp³-hybridized carbons (Fsp3) is 0.500. The van der Waals surface area contributed by atoms with Crippen molar-refractivity contribution in [1.29, 1.82) is 5.26 Å². The zero-order valence-corrected chi connectivity index (χ0v) is 31.3. The molecule has 1 aromatic heterocycles. The van der Waals surface area contributed by atoms with Crippen molar-refractivity contribution in [3.63, 3.8) is 0 Å². The first-order chi connectivity index (χ1) is 23.8. The minimum Gasteiger partial charge on any atom is -0.496 e. The predicted octanol–water partition coefficient (Wildman–Crippen LogP) is 7.02. The first-order valence-corrected chi connectivity index (χ1v) is 17.7. The molecule has 0 saturated carbocycles. The highest BCUT2D eigenvalue weighted by atomic mass is 16.5. The van der Waals surface area contributed by atoms with Crippen LogP contribution in [0, 0.1) is 30.6 Å². The summed E-state index contributed by atoms with van der Waals surface area (Å²) < 4.78 is 13.4. The minimum absolute atomic E-state index is 0. The van der Waals surface area contributed by atoms with Gasteiger partial charge in [-0.25, -0.2) is 0 Å². The number of carbonyl (C=O) groups is 1. The summed E-state index contributed by atoms with van der Waals surface area (Å²) in [6.07, 6.45) is 6.62. The van der Waals surface area contributed by atoms with Crippen LogP contribution in [-0.4, -0.2) is 60.2 Å². The molecule has 0 aliphatic carbocycles. The largest absolute Gasteiger partial charge is 0.496 e. The number of hydrogen-bond acceptors (Lipinski definition) is 7. The summed E-state index contributed by atoms with van der Waals surface area (Å²) in [6.45, 7) is 15.9. The van der Waals surface area contributed by atoms with Crippen molar-refractivity contribution in [2.45, 2.75) is 93.4 Å². The fourth-order valence-electron chi connectivity index (χ4n) is 7.53. The van der Waals surface area contributed by atoms with E-state index in [9.17, 15) is 14.9 Å². The van der Waals surface area contributed by atoms with Crippen LogP contribution in [0.5, 0.6) is 11.5 Å². The van der Waals surface area contributed by atoms with Gasteiger partial charge in [-0.2, -0.15) is 5.26 Å². The Morgan fingerprint density at radius 3 is 2.41 bits per heavy atom. The molecule has 0 bridgehead atoms. The number of nitriles is 1. The monoisotopic (exact) mass is 695 g/mol. The van der Waals surface area contributed by atoms with Gasteiger partial charge in [-0.15, -0.1) is 0 Å². The Morgan fingerprint density at radius 2 is 1.78 bits per heavy atom. The first-order valence-electron chi connectivity index (χ1n) is 17.7. The Balaban J connectivity index is 0.00000583. The number of piperidine rings is 1. The normalized spacial score (nSPS) is 18.0. The molecule has 3 heterocycles. The van der Waals surface area contributed by atoms with Crippen LogP contribution in [0.3, 0.4) is 0 Å². The molecule has 1 amide bonds. The SMILES string of the molecule is C.COc1cc(-c2cn(C)c(=O)c(C)c2C)cc(OC)c1CNC1CCCN(Cc2cccc3c2CCN(C(=O)/C(C#N)=C/C(C)(C)C)C3C)C1. The van der Waals surface area contributed by atoms with E-state index in [1.807, 2.05) is 57.8 Å². The molecule has 2 aromatic carbocycles. The highest BCUT2D eigenvalue weighted by molar-refractivity contribution is 5.97. The number of aromatic nitrogens is 1. The van der Waals surface area contributed by atoms with E-state index in [1.54, 1.807) is 31.9 Å². The van der Waals surface area contributed by atoms with Gasteiger partial charge in [0.15, 0.2) is 0 Å². The molecule has 9 heteroatoms. The summed E-state index contributed by atoms with van der Waals surface area (Å²) in [7, 11) is 5.15. The van der Waals surface area contributed by atoms with E-state index in [2.05, 4.69) is 41.4 Å². The Labute approximate surface area is 304 Å². The molecule has 3 aromatic rings. The van der Waals surface area contributed by atoms with Crippen molar-refractivity contribution < 1.29 is 14.3 Å². The molecule has 0 radical (unpaired) electrons. The zero-order chi connectivity index (χ0) is 36.3. The molecule has 1 saturated heterocycles. The number of hydrogen-bond donors (Lipinski definition) is 1. The number of methoxy groups -OCH3 is 2. The molecule has 2 atom stereocenters. The quantitative estimate of drug-likeness (QED) is 0.190. The number of allylic oxidation sites excluding steroid dienone is 1. The number of rotatable bonds is 9. The standard InChI is InChI=1S/C41H53N5O4.CH4/c1-26-27(2)39(47)44(7)25-36(26)30-18-37(49-8)35(38(19-30)50-9)22-43-32-13-11-16-45(24-32)23-29-12-10-14-33-28(3)46(17-15-34(29)33)40(48)31(21-42)20-41(4,5)6;/h10,12,14,18-20,25,28,32,43H,11,13,15-17,22-24H2,1-9H3;1H4/b31-20+;. The Bertz CT molecular complexity index is 1850. The van der Waals surface area contributed by atoms with Gasteiger partial charge in [-0.3, -0.25) is 14.5 Å². The number of likely N-dealkylation sites (tertiary alicyclic amines) is 1. The summed E-state index contributed by atoms with van der Waals surface area (Å²) >= 11 is 0. The summed E-state index contributed by atoms with van der Waals surface area (Å²) in [6, 6.07) is 12.9. The van der Waals surface area contributed by atoms with Gasteiger partial charge in [-0.05, 0) is 91.9 Å². The maximum atomic E-state index is 13.4. The Morgan fingerprint density at radius 1 is 1.10 bits per heavy atom. The second-order valence-corrected chi connectivity index (χ2v) is 15.0. The molecule has 1 N–H and O–H groups in total. The highest BCUT2D eigenvalue weighted by Crippen LogP contribution is 2.37. The molecular formula is C42H57N5O4. The molecule has 5 rings (SSSR count). The number of amides is 1. The van der Waals surface area contributed by atoms with Crippen LogP contribution in [0.4, 0.5) is 0 Å². The van der Waals surface area contributed by atoms with Crippen LogP contribution >= 0.6 is 0 Å². The third-order valence-electron chi connectivity index (χ3n) is 10.3. The lowest BCUT2D eigenvalue weighted by molar-refractivity contribution is -0.129. The van der Waals surface area contributed by atoms with Crippen molar-refractivity contribution in [2.75, 3.05) is 33.9 Å². The van der Waals surface area contributed by atoms with Crippen LogP contribution in [0.2, 0.25) is 0 Å². The van der Waals surface area contributed by atoms with Gasteiger partial charge in [0.1, 0.15) is 23.1 Å². The lowest BCUT2D eigenvalue weighted by atomic mass is 9.88. The lowest BCUT2D eigenvalue weighted by Gasteiger charge is -2.38. The van der Waals surface area contributed by atoms with Gasteiger partial charge >= 0.3 is 0 Å². The van der Waals surface area contributed by atoms with Crippen LogP contribution in [0.1, 0.15) is 87.4 Å². The number of benzene rings is 2. The number of fused-ring (bicyclic) bond motifs is 1. The number of ether oxygens (including phenoxy) is 2. The lowest BCUT2D eigenvalue weighted by Crippen LogP contribution is -2.45. The van der Waals surface area contributed by atoms with E-state index in [4.69, 9.17) is 9.47 Å². The van der Waals surface area contributed by atoms with Crippen molar-refractivity contribution in [3.8, 4) is 28.7 Å². The summed E-state index contributed by atoms with van der Waals surface area (Å²) in [5, 5.41) is 13.6. The van der Waals surface area contributed by atoms with Gasteiger partial charge in [-0.1, -0.05) is 52.5 Å². The molecule has 274 valence electrons. The average Bonchev–Trinajstić information content (AvgIpc) is 3.10. The summed E-state index contributed by atoms with van der Waals surface area (Å²) in [5.41, 5.74) is 8.37. The number of nitrogens with one attached hydrogen (secondary N) is 1. The molecule has 2 aliphatic rings. The fourth-order valence-corrected chi connectivity index (χ4v) is 7.53. The Kier molecular flexibility index (Phi) is 12.6. The van der Waals surface area contributed by atoms with Crippen LogP contribution in [-0.2, 0) is 31.4 Å². The van der Waals surface area contributed by atoms with E-state index in [1.165, 1.54) is 16.7 Å². The molecule has 9 nitrogen and oxygen atoms in total. The van der Waals surface area contributed by atoms with E-state index < -0.39 is 0 Å². The van der Waals surface area contributed by atoms with Gasteiger partial charge in [0.2, 0.25) is 0 Å². The summed E-state index contributed by atoms with van der Waals surface area (Å²) in [5.74, 6) is 1.31. The van der Waals surface area contributed by atoms with E-state index in [-0.39, 0.29) is 35.9 Å². The smallest absolute Gasteiger partial charge is 0.264 e. The second kappa shape index (κ2) is 16.3. The van der Waals surface area contributed by atoms with Gasteiger partial charge in [0.25, 0.3) is 11.5 Å². The molecular weight excluding hydrogens is 638 g/mol. The number of aryl methyl sites for hydroxylation is 1. The van der Waals surface area contributed by atoms with Crippen molar-refractivity contribution >= 4 is 5.91 Å². The topological polar surface area (TPSA) is 99.8 Å². The van der Waals surface area contributed by atoms with Crippen LogP contribution < -0.4 is 20.3 Å². The summed E-state index contributed by atoms with van der Waals surface area (Å²) in [4.78, 5) is 30.3. The van der Waals surface area contributed by atoms with Crippen molar-refractivity contribution in [2.24, 2.45) is 12.5 Å². The molecule has 1 fully saturated rings. The number of pyridine rings is 1. The van der Waals surface area contributed by atoms with Gasteiger partial charge < -0.3 is 24.3 Å². The van der Waals surface area contributed by atoms with E-state index in [0.29, 0.717) is 19.1 Å². The highest BCUT2D eigenvalue weighted by Gasteiger charge is 2.32. The second-order valence-electron chi connectivity index (χ2n) is 15.0. The van der Waals surface area contributed by atoms with Crippen LogP contribution in [0.25, 0.3) is 11.1 Å². The molecule has 2 unspecified atom stereocenters. The van der Waals surface area contributed by atoms with E-state index >= 15 is 0 Å².